The van der Waals surface area contributed by atoms with Gasteiger partial charge in [-0.15, -0.1) is 0 Å². The predicted molar refractivity (Wildman–Crippen MR) is 31.5 cm³/mol. The molecule has 5 heteroatoms. The Morgan fingerprint density at radius 2 is 2.00 bits per heavy atom. The van der Waals surface area contributed by atoms with Crippen LogP contribution in [0, 0.1) is 6.92 Å². The zero-order chi connectivity index (χ0) is 8.48. The first kappa shape index (κ1) is 7.97. The smallest absolute Gasteiger partial charge is 0.241 e. The quantitative estimate of drug-likeness (QED) is 0.578. The summed E-state index contributed by atoms with van der Waals surface area (Å²) in [5.41, 5.74) is -0.961. The Hall–Kier alpha value is -1.13. The fraction of sp³-hybridized carbons (Fsp3) is 0.167. The second-order valence-corrected chi connectivity index (χ2v) is 1.86. The van der Waals surface area contributed by atoms with E-state index in [-0.39, 0.29) is 5.82 Å². The summed E-state index contributed by atoms with van der Waals surface area (Å²) < 4.78 is 35.5. The van der Waals surface area contributed by atoms with Gasteiger partial charge in [0.05, 0.1) is 0 Å². The van der Waals surface area contributed by atoms with Gasteiger partial charge in [-0.05, 0) is 6.07 Å². The molecular formula is C6H4F3N2. The molecule has 0 saturated carbocycles. The summed E-state index contributed by atoms with van der Waals surface area (Å²) in [5, 5.41) is 0. The molecule has 0 N–H and O–H groups in total. The van der Waals surface area contributed by atoms with E-state index in [4.69, 9.17) is 0 Å². The van der Waals surface area contributed by atoms with Crippen molar-refractivity contribution in [2.45, 2.75) is 6.18 Å². The maximum absolute atomic E-state index is 11.8. The number of halogens is 3. The van der Waals surface area contributed by atoms with Crippen LogP contribution in [0.25, 0.3) is 0 Å². The van der Waals surface area contributed by atoms with Gasteiger partial charge in [0.15, 0.2) is 0 Å². The molecule has 0 aliphatic carbocycles. The first-order chi connectivity index (χ1) is 5.00. The monoisotopic (exact) mass is 161 g/mol. The Bertz CT molecular complexity index is 256. The molecule has 0 aliphatic heterocycles. The molecule has 0 atom stereocenters. The van der Waals surface area contributed by atoms with Gasteiger partial charge in [-0.3, -0.25) is 0 Å². The van der Waals surface area contributed by atoms with E-state index in [1.54, 1.807) is 0 Å². The third-order valence-electron chi connectivity index (χ3n) is 0.996. The van der Waals surface area contributed by atoms with Crippen LogP contribution < -0.4 is 0 Å². The third kappa shape index (κ3) is 1.89. The van der Waals surface area contributed by atoms with Crippen molar-refractivity contribution in [1.29, 1.82) is 0 Å². The van der Waals surface area contributed by atoms with Crippen LogP contribution in [0.2, 0.25) is 0 Å². The Labute approximate surface area is 61.1 Å². The van der Waals surface area contributed by atoms with Crippen molar-refractivity contribution in [3.05, 3.63) is 30.7 Å². The Balaban J connectivity index is 3.06. The minimum atomic E-state index is -4.41. The maximum Gasteiger partial charge on any atom is 0.433 e. The molecule has 0 amide bonds. The summed E-state index contributed by atoms with van der Waals surface area (Å²) in [7, 11) is 0. The molecule has 0 aromatic carbocycles. The van der Waals surface area contributed by atoms with Crippen LogP contribution in [0.4, 0.5) is 13.2 Å². The minimum Gasteiger partial charge on any atom is -0.241 e. The summed E-state index contributed by atoms with van der Waals surface area (Å²) in [5.74, 6) is -0.125. The molecule has 0 saturated heterocycles. The third-order valence-corrected chi connectivity index (χ3v) is 0.996. The Morgan fingerprint density at radius 1 is 1.36 bits per heavy atom. The zero-order valence-electron chi connectivity index (χ0n) is 5.39. The molecular weight excluding hydrogens is 157 g/mol. The number of rotatable bonds is 0. The van der Waals surface area contributed by atoms with E-state index >= 15 is 0 Å². The molecule has 2 nitrogen and oxygen atoms in total. The van der Waals surface area contributed by atoms with Crippen molar-refractivity contribution in [3.63, 3.8) is 0 Å². The van der Waals surface area contributed by atoms with E-state index in [2.05, 4.69) is 16.9 Å². The average molecular weight is 161 g/mol. The van der Waals surface area contributed by atoms with Crippen LogP contribution in [-0.4, -0.2) is 9.97 Å². The van der Waals surface area contributed by atoms with Crippen LogP contribution in [0.5, 0.6) is 0 Å². The lowest BCUT2D eigenvalue weighted by Gasteiger charge is -2.03. The van der Waals surface area contributed by atoms with E-state index in [1.807, 2.05) is 0 Å². The largest absolute Gasteiger partial charge is 0.433 e. The van der Waals surface area contributed by atoms with Crippen molar-refractivity contribution in [1.82, 2.24) is 9.97 Å². The molecule has 0 bridgehead atoms. The molecule has 1 aromatic heterocycles. The molecule has 1 heterocycles. The molecule has 1 rings (SSSR count). The summed E-state index contributed by atoms with van der Waals surface area (Å²) in [6.45, 7) is 3.17. The van der Waals surface area contributed by atoms with Gasteiger partial charge in [0.25, 0.3) is 0 Å². The number of alkyl halides is 3. The van der Waals surface area contributed by atoms with E-state index in [9.17, 15) is 13.2 Å². The number of hydrogen-bond acceptors (Lipinski definition) is 2. The van der Waals surface area contributed by atoms with Gasteiger partial charge in [-0.2, -0.15) is 13.2 Å². The van der Waals surface area contributed by atoms with Gasteiger partial charge in [0, 0.05) is 13.1 Å². The van der Waals surface area contributed by atoms with E-state index < -0.39 is 11.9 Å². The zero-order valence-corrected chi connectivity index (χ0v) is 5.39. The number of aromatic nitrogens is 2. The van der Waals surface area contributed by atoms with Crippen molar-refractivity contribution in [3.8, 4) is 0 Å². The number of nitrogens with zero attached hydrogens (tertiary/aromatic N) is 2. The fourth-order valence-corrected chi connectivity index (χ4v) is 0.557. The van der Waals surface area contributed by atoms with Gasteiger partial charge < -0.3 is 0 Å². The molecule has 59 valence electrons. The van der Waals surface area contributed by atoms with Gasteiger partial charge in [-0.1, -0.05) is 0 Å². The van der Waals surface area contributed by atoms with Gasteiger partial charge in [0.1, 0.15) is 11.5 Å². The van der Waals surface area contributed by atoms with E-state index in [0.29, 0.717) is 0 Å². The first-order valence-electron chi connectivity index (χ1n) is 2.72. The lowest BCUT2D eigenvalue weighted by molar-refractivity contribution is -0.141. The highest BCUT2D eigenvalue weighted by atomic mass is 19.4. The lowest BCUT2D eigenvalue weighted by Crippen LogP contribution is -2.08. The van der Waals surface area contributed by atoms with Crippen molar-refractivity contribution in [2.75, 3.05) is 0 Å². The van der Waals surface area contributed by atoms with Crippen LogP contribution >= 0.6 is 0 Å². The van der Waals surface area contributed by atoms with Crippen LogP contribution in [0.3, 0.4) is 0 Å². The first-order valence-corrected chi connectivity index (χ1v) is 2.72. The van der Waals surface area contributed by atoms with Crippen LogP contribution in [0.15, 0.2) is 12.3 Å². The van der Waals surface area contributed by atoms with Gasteiger partial charge in [0.2, 0.25) is 0 Å². The summed E-state index contributed by atoms with van der Waals surface area (Å²) >= 11 is 0. The molecule has 0 fully saturated rings. The number of hydrogen-bond donors (Lipinski definition) is 0. The van der Waals surface area contributed by atoms with Crippen molar-refractivity contribution >= 4 is 0 Å². The fourth-order valence-electron chi connectivity index (χ4n) is 0.557. The van der Waals surface area contributed by atoms with Gasteiger partial charge in [-0.25, -0.2) is 9.97 Å². The van der Waals surface area contributed by atoms with Crippen LogP contribution in [-0.2, 0) is 6.18 Å². The second kappa shape index (κ2) is 2.48. The Morgan fingerprint density at radius 3 is 2.36 bits per heavy atom. The molecule has 1 radical (unpaired) electrons. The highest BCUT2D eigenvalue weighted by molar-refractivity contribution is 5.06. The van der Waals surface area contributed by atoms with Crippen molar-refractivity contribution in [2.24, 2.45) is 0 Å². The highest BCUT2D eigenvalue weighted by Crippen LogP contribution is 2.26. The van der Waals surface area contributed by atoms with Gasteiger partial charge >= 0.3 is 6.18 Å². The lowest BCUT2D eigenvalue weighted by atomic mass is 10.4. The Kier molecular flexibility index (Phi) is 1.80. The predicted octanol–water partition coefficient (Wildman–Crippen LogP) is 1.68. The summed E-state index contributed by atoms with van der Waals surface area (Å²) in [4.78, 5) is 6.53. The second-order valence-electron chi connectivity index (χ2n) is 1.86. The highest BCUT2D eigenvalue weighted by Gasteiger charge is 2.32. The van der Waals surface area contributed by atoms with E-state index in [0.717, 1.165) is 12.3 Å². The topological polar surface area (TPSA) is 25.8 Å². The summed E-state index contributed by atoms with van der Waals surface area (Å²) in [6, 6.07) is 0.800. The van der Waals surface area contributed by atoms with Crippen molar-refractivity contribution < 1.29 is 13.2 Å². The molecule has 11 heavy (non-hydrogen) atoms. The van der Waals surface area contributed by atoms with Crippen LogP contribution in [0.1, 0.15) is 11.5 Å². The minimum absolute atomic E-state index is 0.125. The normalized spacial score (nSPS) is 11.6. The molecule has 0 aliphatic rings. The molecule has 1 aromatic rings. The molecule has 0 spiro atoms. The van der Waals surface area contributed by atoms with E-state index in [1.165, 1.54) is 0 Å². The molecule has 0 unspecified atom stereocenters. The summed E-state index contributed by atoms with van der Waals surface area (Å²) in [6.07, 6.45) is -3.38. The maximum atomic E-state index is 11.8. The average Bonchev–Trinajstić information content (AvgIpc) is 1.86. The standard InChI is InChI=1S/C6H4F3N2/c1-4-10-3-2-5(11-4)6(7,8)9/h2-3H,1H2. The SMILES string of the molecule is [CH2]c1nccc(C(F)(F)F)n1.